The van der Waals surface area contributed by atoms with Crippen molar-refractivity contribution in [1.82, 2.24) is 9.80 Å². The molecule has 2 N–H and O–H groups in total. The van der Waals surface area contributed by atoms with Crippen molar-refractivity contribution in [3.05, 3.63) is 33.8 Å². The van der Waals surface area contributed by atoms with E-state index in [1.165, 1.54) is 6.42 Å². The van der Waals surface area contributed by atoms with Crippen molar-refractivity contribution in [2.75, 3.05) is 33.7 Å². The van der Waals surface area contributed by atoms with E-state index in [-0.39, 0.29) is 6.04 Å². The number of benzene rings is 1. The molecule has 0 bridgehead atoms. The Morgan fingerprint density at radius 2 is 2.16 bits per heavy atom. The normalized spacial score (nSPS) is 22.1. The lowest BCUT2D eigenvalue weighted by Crippen LogP contribution is -2.36. The van der Waals surface area contributed by atoms with E-state index in [1.807, 2.05) is 18.2 Å². The van der Waals surface area contributed by atoms with Gasteiger partial charge in [0, 0.05) is 41.8 Å². The van der Waals surface area contributed by atoms with Crippen LogP contribution in [0.4, 0.5) is 0 Å². The zero-order valence-electron chi connectivity index (χ0n) is 11.4. The van der Waals surface area contributed by atoms with Crippen LogP contribution in [-0.4, -0.2) is 49.6 Å². The molecular formula is C14H21Cl2N3. The number of hydrogen-bond acceptors (Lipinski definition) is 3. The molecule has 0 spiro atoms. The first-order valence-corrected chi connectivity index (χ1v) is 7.34. The zero-order valence-corrected chi connectivity index (χ0v) is 13.0. The number of halogens is 2. The van der Waals surface area contributed by atoms with Gasteiger partial charge in [0.1, 0.15) is 0 Å². The molecule has 0 aliphatic carbocycles. The Kier molecular flexibility index (Phi) is 5.09. The van der Waals surface area contributed by atoms with Gasteiger partial charge in [-0.25, -0.2) is 0 Å². The van der Waals surface area contributed by atoms with Crippen LogP contribution >= 0.6 is 23.2 Å². The van der Waals surface area contributed by atoms with E-state index in [0.717, 1.165) is 23.7 Å². The van der Waals surface area contributed by atoms with Gasteiger partial charge in [-0.3, -0.25) is 4.90 Å². The summed E-state index contributed by atoms with van der Waals surface area (Å²) in [7, 11) is 4.25. The third-order valence-corrected chi connectivity index (χ3v) is 4.49. The van der Waals surface area contributed by atoms with Crippen molar-refractivity contribution in [3.63, 3.8) is 0 Å². The second-order valence-electron chi connectivity index (χ2n) is 5.32. The first-order chi connectivity index (χ1) is 9.02. The van der Waals surface area contributed by atoms with Crippen LogP contribution in [0.1, 0.15) is 18.0 Å². The smallest absolute Gasteiger partial charge is 0.0486 e. The quantitative estimate of drug-likeness (QED) is 0.928. The lowest BCUT2D eigenvalue weighted by molar-refractivity contribution is 0.220. The SMILES string of the molecule is CN(C)C1CCN(C(CN)c2cc(Cl)ccc2Cl)C1. The van der Waals surface area contributed by atoms with Crippen LogP contribution in [0.15, 0.2) is 18.2 Å². The molecule has 0 aromatic heterocycles. The fourth-order valence-corrected chi connectivity index (χ4v) is 3.14. The van der Waals surface area contributed by atoms with Crippen molar-refractivity contribution in [2.24, 2.45) is 5.73 Å². The van der Waals surface area contributed by atoms with Crippen LogP contribution in [-0.2, 0) is 0 Å². The summed E-state index contributed by atoms with van der Waals surface area (Å²) in [5, 5.41) is 1.45. The third-order valence-electron chi connectivity index (χ3n) is 3.91. The molecule has 5 heteroatoms. The molecule has 1 heterocycles. The van der Waals surface area contributed by atoms with E-state index in [2.05, 4.69) is 23.9 Å². The average molecular weight is 302 g/mol. The lowest BCUT2D eigenvalue weighted by atomic mass is 10.1. The monoisotopic (exact) mass is 301 g/mol. The molecule has 2 unspecified atom stereocenters. The van der Waals surface area contributed by atoms with Crippen LogP contribution in [0.5, 0.6) is 0 Å². The Hall–Kier alpha value is -0.320. The second-order valence-corrected chi connectivity index (χ2v) is 6.16. The maximum absolute atomic E-state index is 6.30. The van der Waals surface area contributed by atoms with Crippen LogP contribution < -0.4 is 5.73 Å². The van der Waals surface area contributed by atoms with Crippen LogP contribution in [0, 0.1) is 0 Å². The van der Waals surface area contributed by atoms with E-state index in [1.54, 1.807) is 0 Å². The first-order valence-electron chi connectivity index (χ1n) is 6.58. The van der Waals surface area contributed by atoms with E-state index >= 15 is 0 Å². The number of likely N-dealkylation sites (N-methyl/N-ethyl adjacent to an activating group) is 1. The van der Waals surface area contributed by atoms with Crippen LogP contribution in [0.2, 0.25) is 10.0 Å². The first kappa shape index (κ1) is 15.1. The molecule has 0 saturated carbocycles. The highest BCUT2D eigenvalue weighted by Crippen LogP contribution is 2.32. The van der Waals surface area contributed by atoms with Gasteiger partial charge in [-0.1, -0.05) is 23.2 Å². The molecule has 2 rings (SSSR count). The number of nitrogens with zero attached hydrogens (tertiary/aromatic N) is 2. The Bertz CT molecular complexity index is 437. The summed E-state index contributed by atoms with van der Waals surface area (Å²) in [5.41, 5.74) is 7.01. The summed E-state index contributed by atoms with van der Waals surface area (Å²) in [6, 6.07) is 6.34. The molecule has 19 heavy (non-hydrogen) atoms. The highest BCUT2D eigenvalue weighted by molar-refractivity contribution is 6.33. The minimum atomic E-state index is 0.149. The zero-order chi connectivity index (χ0) is 14.0. The van der Waals surface area contributed by atoms with Crippen molar-refractivity contribution >= 4 is 23.2 Å². The molecule has 106 valence electrons. The molecule has 2 atom stereocenters. The van der Waals surface area contributed by atoms with Crippen molar-refractivity contribution < 1.29 is 0 Å². The minimum absolute atomic E-state index is 0.149. The summed E-state index contributed by atoms with van der Waals surface area (Å²) in [4.78, 5) is 4.68. The highest BCUT2D eigenvalue weighted by atomic mass is 35.5. The van der Waals surface area contributed by atoms with Crippen molar-refractivity contribution in [1.29, 1.82) is 0 Å². The average Bonchev–Trinajstić information content (AvgIpc) is 2.84. The van der Waals surface area contributed by atoms with Gasteiger partial charge in [-0.05, 0) is 44.3 Å². The summed E-state index contributed by atoms with van der Waals surface area (Å²) in [6.07, 6.45) is 1.17. The van der Waals surface area contributed by atoms with Crippen molar-refractivity contribution in [3.8, 4) is 0 Å². The molecule has 3 nitrogen and oxygen atoms in total. The predicted octanol–water partition coefficient (Wildman–Crippen LogP) is 2.63. The van der Waals surface area contributed by atoms with E-state index in [0.29, 0.717) is 17.6 Å². The maximum atomic E-state index is 6.30. The summed E-state index contributed by atoms with van der Waals surface area (Å²) in [5.74, 6) is 0. The van der Waals surface area contributed by atoms with Gasteiger partial charge >= 0.3 is 0 Å². The maximum Gasteiger partial charge on any atom is 0.0486 e. The number of likely N-dealkylation sites (tertiary alicyclic amines) is 1. The van der Waals surface area contributed by atoms with E-state index in [4.69, 9.17) is 28.9 Å². The summed E-state index contributed by atoms with van der Waals surface area (Å²) in [6.45, 7) is 2.63. The molecule has 1 aromatic carbocycles. The lowest BCUT2D eigenvalue weighted by Gasteiger charge is -2.29. The van der Waals surface area contributed by atoms with Crippen LogP contribution in [0.3, 0.4) is 0 Å². The van der Waals surface area contributed by atoms with Gasteiger partial charge in [0.25, 0.3) is 0 Å². The second kappa shape index (κ2) is 6.42. The summed E-state index contributed by atoms with van der Waals surface area (Å²) >= 11 is 12.4. The van der Waals surface area contributed by atoms with Gasteiger partial charge in [-0.15, -0.1) is 0 Å². The topological polar surface area (TPSA) is 32.5 Å². The van der Waals surface area contributed by atoms with E-state index in [9.17, 15) is 0 Å². The van der Waals surface area contributed by atoms with Gasteiger partial charge < -0.3 is 10.6 Å². The largest absolute Gasteiger partial charge is 0.329 e. The van der Waals surface area contributed by atoms with Crippen molar-refractivity contribution in [2.45, 2.75) is 18.5 Å². The Morgan fingerprint density at radius 1 is 1.42 bits per heavy atom. The van der Waals surface area contributed by atoms with E-state index < -0.39 is 0 Å². The highest BCUT2D eigenvalue weighted by Gasteiger charge is 2.30. The fourth-order valence-electron chi connectivity index (χ4n) is 2.72. The summed E-state index contributed by atoms with van der Waals surface area (Å²) < 4.78 is 0. The van der Waals surface area contributed by atoms with Gasteiger partial charge in [-0.2, -0.15) is 0 Å². The Morgan fingerprint density at radius 3 is 2.74 bits per heavy atom. The number of nitrogens with two attached hydrogens (primary N) is 1. The third kappa shape index (κ3) is 3.41. The fraction of sp³-hybridized carbons (Fsp3) is 0.571. The Balaban J connectivity index is 2.19. The Labute approximate surface area is 125 Å². The molecule has 0 amide bonds. The standard InChI is InChI=1S/C14H21Cl2N3/c1-18(2)11-5-6-19(9-11)14(8-17)12-7-10(15)3-4-13(12)16/h3-4,7,11,14H,5-6,8-9,17H2,1-2H3. The minimum Gasteiger partial charge on any atom is -0.329 e. The molecular weight excluding hydrogens is 281 g/mol. The molecule has 1 saturated heterocycles. The van der Waals surface area contributed by atoms with Gasteiger partial charge in [0.15, 0.2) is 0 Å². The predicted molar refractivity (Wildman–Crippen MR) is 81.9 cm³/mol. The molecule has 0 radical (unpaired) electrons. The molecule has 1 aliphatic heterocycles. The van der Waals surface area contributed by atoms with Gasteiger partial charge in [0.2, 0.25) is 0 Å². The molecule has 1 fully saturated rings. The van der Waals surface area contributed by atoms with Gasteiger partial charge in [0.05, 0.1) is 0 Å². The molecule has 1 aliphatic rings. The number of rotatable bonds is 4. The number of hydrogen-bond donors (Lipinski definition) is 1. The molecule has 1 aromatic rings. The van der Waals surface area contributed by atoms with Crippen LogP contribution in [0.25, 0.3) is 0 Å².